The first-order valence-corrected chi connectivity index (χ1v) is 19.5. The van der Waals surface area contributed by atoms with Crippen molar-refractivity contribution in [2.24, 2.45) is 0 Å². The average molecular weight is 734 g/mol. The van der Waals surface area contributed by atoms with Crippen LogP contribution in [-0.2, 0) is 0 Å². The average Bonchev–Trinajstić information content (AvgIpc) is 3.84. The summed E-state index contributed by atoms with van der Waals surface area (Å²) in [7, 11) is 0. The van der Waals surface area contributed by atoms with E-state index in [0.717, 1.165) is 49.8 Å². The van der Waals surface area contributed by atoms with E-state index in [1.165, 1.54) is 42.4 Å². The number of hydrogen-bond acceptors (Lipinski definition) is 5. The lowest BCUT2D eigenvalue weighted by Crippen LogP contribution is -2.00. The summed E-state index contributed by atoms with van der Waals surface area (Å²) in [5, 5.41) is 4.71. The summed E-state index contributed by atoms with van der Waals surface area (Å²) in [6.07, 6.45) is 0. The largest absolute Gasteiger partial charge is 0.456 e. The molecule has 0 fully saturated rings. The van der Waals surface area contributed by atoms with Gasteiger partial charge in [0.25, 0.3) is 0 Å². The van der Waals surface area contributed by atoms with Crippen LogP contribution in [0.15, 0.2) is 192 Å². The molecule has 0 aliphatic carbocycles. The summed E-state index contributed by atoms with van der Waals surface area (Å²) in [5.74, 6) is 1.84. The van der Waals surface area contributed by atoms with Crippen LogP contribution in [-0.4, -0.2) is 15.0 Å². The van der Waals surface area contributed by atoms with Crippen molar-refractivity contribution in [2.45, 2.75) is 0 Å². The second-order valence-corrected chi connectivity index (χ2v) is 15.1. The Morgan fingerprint density at radius 1 is 0.286 bits per heavy atom. The van der Waals surface area contributed by atoms with Crippen LogP contribution in [0, 0.1) is 0 Å². The molecule has 0 amide bonds. The van der Waals surface area contributed by atoms with E-state index in [1.54, 1.807) is 0 Å². The Labute approximate surface area is 327 Å². The van der Waals surface area contributed by atoms with Crippen molar-refractivity contribution in [3.8, 4) is 67.5 Å². The highest BCUT2D eigenvalue weighted by molar-refractivity contribution is 7.25. The molecule has 0 spiro atoms. The Balaban J connectivity index is 0.954. The van der Waals surface area contributed by atoms with Gasteiger partial charge in [0.15, 0.2) is 17.5 Å². The molecular formula is C51H31N3OS. The Kier molecular flexibility index (Phi) is 7.64. The van der Waals surface area contributed by atoms with Gasteiger partial charge in [-0.3, -0.25) is 0 Å². The van der Waals surface area contributed by atoms with E-state index in [0.29, 0.717) is 17.5 Å². The number of hydrogen-bond donors (Lipinski definition) is 0. The van der Waals surface area contributed by atoms with Crippen molar-refractivity contribution in [1.29, 1.82) is 0 Å². The molecule has 0 aliphatic heterocycles. The standard InChI is InChI=1S/C51H31N3OS/c1-4-10-32(11-5-1)34-16-18-36(19-17-34)50-52-49(35-14-8-3-9-15-35)53-51(54-50)40-22-25-42-41-24-20-38(29-45(41)55-46(42)30-40)39-21-26-43-44-28-37(33-12-6-2-7-13-33)23-27-47(44)56-48(43)31-39/h1-31H. The number of benzene rings is 8. The highest BCUT2D eigenvalue weighted by Gasteiger charge is 2.16. The molecule has 0 atom stereocenters. The molecule has 8 aromatic carbocycles. The number of rotatable bonds is 6. The lowest BCUT2D eigenvalue weighted by atomic mass is 10.0. The fourth-order valence-corrected chi connectivity index (χ4v) is 8.78. The molecule has 0 aliphatic rings. The van der Waals surface area contributed by atoms with Crippen LogP contribution in [0.3, 0.4) is 0 Å². The molecule has 0 bridgehead atoms. The van der Waals surface area contributed by atoms with Gasteiger partial charge in [-0.25, -0.2) is 15.0 Å². The van der Waals surface area contributed by atoms with Crippen molar-refractivity contribution < 1.29 is 4.42 Å². The van der Waals surface area contributed by atoms with Crippen LogP contribution in [0.1, 0.15) is 0 Å². The van der Waals surface area contributed by atoms with Gasteiger partial charge in [0.1, 0.15) is 11.2 Å². The van der Waals surface area contributed by atoms with Crippen LogP contribution in [0.4, 0.5) is 0 Å². The predicted octanol–water partition coefficient (Wildman–Crippen LogP) is 14.1. The van der Waals surface area contributed by atoms with Crippen molar-refractivity contribution in [3.63, 3.8) is 0 Å². The quantitative estimate of drug-likeness (QED) is 0.171. The summed E-state index contributed by atoms with van der Waals surface area (Å²) >= 11 is 1.84. The first-order chi connectivity index (χ1) is 27.7. The molecule has 0 unspecified atom stereocenters. The normalized spacial score (nSPS) is 11.6. The number of nitrogens with zero attached hydrogens (tertiary/aromatic N) is 3. The SMILES string of the molecule is c1ccc(-c2ccc(-c3nc(-c4ccccc4)nc(-c4ccc5c(c4)oc4cc(-c6ccc7c(c6)sc6ccc(-c8ccccc8)cc67)ccc45)n3)cc2)cc1. The third kappa shape index (κ3) is 5.74. The summed E-state index contributed by atoms with van der Waals surface area (Å²) in [5.41, 5.74) is 11.4. The first kappa shape index (κ1) is 32.2. The third-order valence-electron chi connectivity index (χ3n) is 10.6. The smallest absolute Gasteiger partial charge is 0.164 e. The molecule has 56 heavy (non-hydrogen) atoms. The summed E-state index contributed by atoms with van der Waals surface area (Å²) < 4.78 is 9.15. The Bertz CT molecular complexity index is 3230. The van der Waals surface area contributed by atoms with E-state index in [4.69, 9.17) is 19.4 Å². The molecule has 0 N–H and O–H groups in total. The maximum atomic E-state index is 6.58. The minimum atomic E-state index is 0.594. The van der Waals surface area contributed by atoms with Gasteiger partial charge in [-0.1, -0.05) is 146 Å². The molecule has 5 heteroatoms. The first-order valence-electron chi connectivity index (χ1n) is 18.7. The summed E-state index contributed by atoms with van der Waals surface area (Å²) in [4.78, 5) is 14.9. The molecule has 3 aromatic heterocycles. The zero-order chi connectivity index (χ0) is 37.0. The fraction of sp³-hybridized carbons (Fsp3) is 0. The minimum absolute atomic E-state index is 0.594. The molecule has 3 heterocycles. The van der Waals surface area contributed by atoms with Crippen LogP contribution in [0.5, 0.6) is 0 Å². The topological polar surface area (TPSA) is 51.8 Å². The molecule has 11 rings (SSSR count). The lowest BCUT2D eigenvalue weighted by molar-refractivity contribution is 0.669. The van der Waals surface area contributed by atoms with E-state index in [2.05, 4.69) is 146 Å². The second-order valence-electron chi connectivity index (χ2n) is 14.0. The molecule has 4 nitrogen and oxygen atoms in total. The second kappa shape index (κ2) is 13.3. The lowest BCUT2D eigenvalue weighted by Gasteiger charge is -2.09. The van der Waals surface area contributed by atoms with E-state index in [9.17, 15) is 0 Å². The number of fused-ring (bicyclic) bond motifs is 6. The highest BCUT2D eigenvalue weighted by atomic mass is 32.1. The van der Waals surface area contributed by atoms with Gasteiger partial charge in [-0.2, -0.15) is 0 Å². The Hall–Kier alpha value is -7.21. The van der Waals surface area contributed by atoms with Crippen molar-refractivity contribution in [3.05, 3.63) is 188 Å². The van der Waals surface area contributed by atoms with Gasteiger partial charge in [0.05, 0.1) is 0 Å². The van der Waals surface area contributed by atoms with Gasteiger partial charge >= 0.3 is 0 Å². The van der Waals surface area contributed by atoms with E-state index >= 15 is 0 Å². The number of thiophene rings is 1. The summed E-state index contributed by atoms with van der Waals surface area (Å²) in [6.45, 7) is 0. The van der Waals surface area contributed by atoms with E-state index in [1.807, 2.05) is 53.8 Å². The maximum Gasteiger partial charge on any atom is 0.164 e. The van der Waals surface area contributed by atoms with Gasteiger partial charge in [0, 0.05) is 47.6 Å². The molecule has 262 valence electrons. The fourth-order valence-electron chi connectivity index (χ4n) is 7.66. The van der Waals surface area contributed by atoms with Gasteiger partial charge < -0.3 is 4.42 Å². The van der Waals surface area contributed by atoms with Crippen molar-refractivity contribution >= 4 is 53.4 Å². The van der Waals surface area contributed by atoms with Gasteiger partial charge in [0.2, 0.25) is 0 Å². The molecule has 0 saturated carbocycles. The minimum Gasteiger partial charge on any atom is -0.456 e. The van der Waals surface area contributed by atoms with Crippen LogP contribution >= 0.6 is 11.3 Å². The van der Waals surface area contributed by atoms with Crippen LogP contribution in [0.25, 0.3) is 110 Å². The molecule has 0 radical (unpaired) electrons. The van der Waals surface area contributed by atoms with Crippen molar-refractivity contribution in [1.82, 2.24) is 15.0 Å². The van der Waals surface area contributed by atoms with E-state index in [-0.39, 0.29) is 0 Å². The zero-order valence-electron chi connectivity index (χ0n) is 30.1. The molecular weight excluding hydrogens is 703 g/mol. The van der Waals surface area contributed by atoms with Gasteiger partial charge in [-0.05, 0) is 75.8 Å². The van der Waals surface area contributed by atoms with Crippen LogP contribution < -0.4 is 0 Å². The Morgan fingerprint density at radius 3 is 1.34 bits per heavy atom. The molecule has 0 saturated heterocycles. The third-order valence-corrected chi connectivity index (χ3v) is 11.7. The molecule has 11 aromatic rings. The van der Waals surface area contributed by atoms with Crippen molar-refractivity contribution in [2.75, 3.05) is 0 Å². The maximum absolute atomic E-state index is 6.58. The predicted molar refractivity (Wildman–Crippen MR) is 233 cm³/mol. The number of furan rings is 1. The summed E-state index contributed by atoms with van der Waals surface area (Å²) in [6, 6.07) is 65.8. The zero-order valence-corrected chi connectivity index (χ0v) is 30.9. The monoisotopic (exact) mass is 733 g/mol. The van der Waals surface area contributed by atoms with Gasteiger partial charge in [-0.15, -0.1) is 11.3 Å². The number of aromatic nitrogens is 3. The highest BCUT2D eigenvalue weighted by Crippen LogP contribution is 2.40. The van der Waals surface area contributed by atoms with E-state index < -0.39 is 0 Å². The Morgan fingerprint density at radius 2 is 0.696 bits per heavy atom. The van der Waals surface area contributed by atoms with Crippen LogP contribution in [0.2, 0.25) is 0 Å².